The summed E-state index contributed by atoms with van der Waals surface area (Å²) in [7, 11) is 2.15. The molecular weight excluding hydrogens is 462 g/mol. The van der Waals surface area contributed by atoms with Crippen molar-refractivity contribution in [1.29, 1.82) is 0 Å². The van der Waals surface area contributed by atoms with Gasteiger partial charge in [0.05, 0.1) is 18.4 Å². The molecule has 0 spiro atoms. The maximum Gasteiger partial charge on any atom is 0.229 e. The number of nitrogens with zero attached hydrogens (tertiary/aromatic N) is 5. The van der Waals surface area contributed by atoms with Crippen molar-refractivity contribution in [3.63, 3.8) is 0 Å². The summed E-state index contributed by atoms with van der Waals surface area (Å²) in [6.45, 7) is 9.26. The van der Waals surface area contributed by atoms with Crippen molar-refractivity contribution in [1.82, 2.24) is 19.9 Å². The number of fused-ring (bicyclic) bond motifs is 1. The van der Waals surface area contributed by atoms with E-state index in [1.165, 1.54) is 11.6 Å². The number of benzene rings is 1. The van der Waals surface area contributed by atoms with Crippen LogP contribution in [0.2, 0.25) is 0 Å². The SMILES string of the molecule is Cc1nc(Nc2ncc(F)c(-c3cc(F)c4c(c3)N(C(C)C)CCO4)n2)ccc1C1CCN(C)CC1. The third-order valence-corrected chi connectivity index (χ3v) is 7.08. The van der Waals surface area contributed by atoms with Crippen LogP contribution in [-0.2, 0) is 0 Å². The van der Waals surface area contributed by atoms with E-state index >= 15 is 0 Å². The maximum absolute atomic E-state index is 14.9. The van der Waals surface area contributed by atoms with E-state index in [-0.39, 0.29) is 23.4 Å². The fraction of sp³-hybridized carbons (Fsp3) is 0.444. The fourth-order valence-electron chi connectivity index (χ4n) is 5.11. The summed E-state index contributed by atoms with van der Waals surface area (Å²) in [5, 5.41) is 3.09. The molecule has 7 nitrogen and oxygen atoms in total. The second kappa shape index (κ2) is 9.97. The molecule has 0 bridgehead atoms. The molecule has 9 heteroatoms. The number of rotatable bonds is 5. The smallest absolute Gasteiger partial charge is 0.229 e. The van der Waals surface area contributed by atoms with Gasteiger partial charge in [-0.1, -0.05) is 6.07 Å². The van der Waals surface area contributed by atoms with E-state index in [0.717, 1.165) is 37.8 Å². The highest BCUT2D eigenvalue weighted by molar-refractivity contribution is 5.73. The molecule has 1 saturated heterocycles. The summed E-state index contributed by atoms with van der Waals surface area (Å²) >= 11 is 0. The Labute approximate surface area is 210 Å². The zero-order valence-corrected chi connectivity index (χ0v) is 21.2. The van der Waals surface area contributed by atoms with E-state index in [9.17, 15) is 8.78 Å². The highest BCUT2D eigenvalue weighted by Crippen LogP contribution is 2.39. The van der Waals surface area contributed by atoms with Crippen LogP contribution in [0.4, 0.5) is 26.2 Å². The predicted molar refractivity (Wildman–Crippen MR) is 137 cm³/mol. The second-order valence-electron chi connectivity index (χ2n) is 9.91. The first kappa shape index (κ1) is 24.4. The van der Waals surface area contributed by atoms with Crippen LogP contribution in [0.15, 0.2) is 30.5 Å². The molecule has 190 valence electrons. The van der Waals surface area contributed by atoms with Crippen LogP contribution < -0.4 is 15.0 Å². The van der Waals surface area contributed by atoms with E-state index in [1.807, 2.05) is 31.7 Å². The van der Waals surface area contributed by atoms with E-state index in [1.54, 1.807) is 6.07 Å². The van der Waals surface area contributed by atoms with Gasteiger partial charge in [-0.3, -0.25) is 0 Å². The number of hydrogen-bond acceptors (Lipinski definition) is 7. The molecule has 4 heterocycles. The van der Waals surface area contributed by atoms with Crippen LogP contribution in [0, 0.1) is 18.6 Å². The number of aryl methyl sites for hydroxylation is 1. The van der Waals surface area contributed by atoms with Crippen LogP contribution in [0.1, 0.15) is 43.9 Å². The molecular formula is C27H32F2N6O. The third-order valence-electron chi connectivity index (χ3n) is 7.08. The first-order valence-electron chi connectivity index (χ1n) is 12.5. The standard InChI is InChI=1S/C27H32F2N6O/c1-16(2)35-11-12-36-26-21(28)13-19(14-23(26)35)25-22(29)15-30-27(33-25)32-24-6-5-20(17(3)31-24)18-7-9-34(4)10-8-18/h5-6,13-16,18H,7-12H2,1-4H3,(H,30,31,32,33). The molecule has 1 fully saturated rings. The van der Waals surface area contributed by atoms with Gasteiger partial charge in [-0.2, -0.15) is 0 Å². The number of ether oxygens (including phenoxy) is 1. The summed E-state index contributed by atoms with van der Waals surface area (Å²) in [5.74, 6) is 0.301. The average Bonchev–Trinajstić information content (AvgIpc) is 2.85. The molecule has 36 heavy (non-hydrogen) atoms. The number of piperidine rings is 1. The molecule has 0 saturated carbocycles. The van der Waals surface area contributed by atoms with Gasteiger partial charge in [0.2, 0.25) is 5.95 Å². The number of likely N-dealkylation sites (tertiary alicyclic amines) is 1. The summed E-state index contributed by atoms with van der Waals surface area (Å²) in [6.07, 6.45) is 3.33. The molecule has 0 atom stereocenters. The van der Waals surface area contributed by atoms with E-state index in [0.29, 0.717) is 36.1 Å². The van der Waals surface area contributed by atoms with Crippen LogP contribution in [-0.4, -0.2) is 59.2 Å². The van der Waals surface area contributed by atoms with Crippen molar-refractivity contribution >= 4 is 17.5 Å². The molecule has 5 rings (SSSR count). The Morgan fingerprint density at radius 3 is 2.56 bits per heavy atom. The van der Waals surface area contributed by atoms with Crippen molar-refractivity contribution in [2.24, 2.45) is 0 Å². The predicted octanol–water partition coefficient (Wildman–Crippen LogP) is 5.29. The van der Waals surface area contributed by atoms with Crippen LogP contribution >= 0.6 is 0 Å². The lowest BCUT2D eigenvalue weighted by molar-refractivity contribution is 0.255. The minimum atomic E-state index is -0.630. The Kier molecular flexibility index (Phi) is 6.75. The molecule has 2 aliphatic rings. The number of aromatic nitrogens is 3. The Bertz CT molecular complexity index is 1260. The second-order valence-corrected chi connectivity index (χ2v) is 9.91. The number of hydrogen-bond donors (Lipinski definition) is 1. The minimum absolute atomic E-state index is 0.0168. The normalized spacial score (nSPS) is 16.7. The van der Waals surface area contributed by atoms with E-state index in [2.05, 4.69) is 33.3 Å². The lowest BCUT2D eigenvalue weighted by atomic mass is 9.89. The van der Waals surface area contributed by atoms with Gasteiger partial charge in [-0.05, 0) is 83.4 Å². The minimum Gasteiger partial charge on any atom is -0.486 e. The molecule has 0 amide bonds. The van der Waals surface area contributed by atoms with E-state index < -0.39 is 11.6 Å². The van der Waals surface area contributed by atoms with Crippen LogP contribution in [0.5, 0.6) is 5.75 Å². The number of halogens is 2. The summed E-state index contributed by atoms with van der Waals surface area (Å²) in [6, 6.07) is 7.14. The lowest BCUT2D eigenvalue weighted by Gasteiger charge is -2.34. The third kappa shape index (κ3) is 4.84. The molecule has 0 radical (unpaired) electrons. The molecule has 1 N–H and O–H groups in total. The maximum atomic E-state index is 14.9. The van der Waals surface area contributed by atoms with Gasteiger partial charge in [-0.25, -0.2) is 23.7 Å². The first-order valence-corrected chi connectivity index (χ1v) is 12.5. The Morgan fingerprint density at radius 1 is 1.06 bits per heavy atom. The summed E-state index contributed by atoms with van der Waals surface area (Å²) in [5.41, 5.74) is 3.16. The van der Waals surface area contributed by atoms with Crippen molar-refractivity contribution in [2.75, 3.05) is 43.5 Å². The molecule has 1 aromatic carbocycles. The zero-order valence-electron chi connectivity index (χ0n) is 21.2. The number of anilines is 3. The van der Waals surface area contributed by atoms with Crippen molar-refractivity contribution < 1.29 is 13.5 Å². The molecule has 3 aromatic rings. The molecule has 0 unspecified atom stereocenters. The molecule has 0 aliphatic carbocycles. The van der Waals surface area contributed by atoms with Crippen molar-refractivity contribution in [3.05, 3.63) is 53.4 Å². The number of pyridine rings is 1. The lowest BCUT2D eigenvalue weighted by Crippen LogP contribution is -2.38. The van der Waals surface area contributed by atoms with Gasteiger partial charge in [0, 0.05) is 17.3 Å². The monoisotopic (exact) mass is 494 g/mol. The van der Waals surface area contributed by atoms with Gasteiger partial charge in [0.25, 0.3) is 0 Å². The summed E-state index contributed by atoms with van der Waals surface area (Å²) in [4.78, 5) is 17.6. The van der Waals surface area contributed by atoms with Crippen molar-refractivity contribution in [2.45, 2.75) is 45.6 Å². The topological polar surface area (TPSA) is 66.4 Å². The van der Waals surface area contributed by atoms with Gasteiger partial charge in [0.15, 0.2) is 17.4 Å². The van der Waals surface area contributed by atoms with Crippen LogP contribution in [0.25, 0.3) is 11.3 Å². The van der Waals surface area contributed by atoms with Gasteiger partial charge in [-0.15, -0.1) is 0 Å². The zero-order chi connectivity index (χ0) is 25.4. The quantitative estimate of drug-likeness (QED) is 0.517. The molecule has 2 aromatic heterocycles. The highest BCUT2D eigenvalue weighted by atomic mass is 19.1. The highest BCUT2D eigenvalue weighted by Gasteiger charge is 2.26. The van der Waals surface area contributed by atoms with E-state index in [4.69, 9.17) is 9.72 Å². The largest absolute Gasteiger partial charge is 0.486 e. The Morgan fingerprint density at radius 2 is 1.83 bits per heavy atom. The van der Waals surface area contributed by atoms with Gasteiger partial charge in [0.1, 0.15) is 18.1 Å². The van der Waals surface area contributed by atoms with Crippen molar-refractivity contribution in [3.8, 4) is 17.0 Å². The average molecular weight is 495 g/mol. The Balaban J connectivity index is 1.41. The van der Waals surface area contributed by atoms with Gasteiger partial charge < -0.3 is 19.9 Å². The first-order chi connectivity index (χ1) is 17.3. The fourth-order valence-corrected chi connectivity index (χ4v) is 5.11. The number of nitrogens with one attached hydrogen (secondary N) is 1. The Hall–Kier alpha value is -3.33. The van der Waals surface area contributed by atoms with Gasteiger partial charge >= 0.3 is 0 Å². The molecule has 2 aliphatic heterocycles. The summed E-state index contributed by atoms with van der Waals surface area (Å²) < 4.78 is 35.3. The van der Waals surface area contributed by atoms with Crippen LogP contribution in [0.3, 0.4) is 0 Å².